The molecule has 0 atom stereocenters. The van der Waals surface area contributed by atoms with E-state index in [9.17, 15) is 9.59 Å². The normalized spacial score (nSPS) is 11.4. The zero-order valence-corrected chi connectivity index (χ0v) is 13.9. The summed E-state index contributed by atoms with van der Waals surface area (Å²) in [4.78, 5) is 23.9. The number of hydrogen-bond donors (Lipinski definition) is 1. The maximum atomic E-state index is 12.2. The van der Waals surface area contributed by atoms with Crippen LogP contribution in [0.15, 0.2) is 18.2 Å². The molecule has 1 aromatic carbocycles. The van der Waals surface area contributed by atoms with E-state index in [1.165, 1.54) is 0 Å². The second-order valence-corrected chi connectivity index (χ2v) is 6.38. The Labute approximate surface area is 130 Å². The highest BCUT2D eigenvalue weighted by atomic mass is 35.5. The topological polar surface area (TPSA) is 55.4 Å². The number of hydrogen-bond acceptors (Lipinski definition) is 3. The molecule has 0 aliphatic heterocycles. The van der Waals surface area contributed by atoms with Crippen LogP contribution in [0.5, 0.6) is 0 Å². The van der Waals surface area contributed by atoms with Gasteiger partial charge < -0.3 is 10.1 Å². The van der Waals surface area contributed by atoms with Crippen molar-refractivity contribution in [1.82, 2.24) is 0 Å². The molecule has 5 heteroatoms. The predicted octanol–water partition coefficient (Wildman–Crippen LogP) is 3.73. The molecule has 4 nitrogen and oxygen atoms in total. The molecule has 0 spiro atoms. The lowest BCUT2D eigenvalue weighted by atomic mass is 9.84. The van der Waals surface area contributed by atoms with Gasteiger partial charge in [-0.1, -0.05) is 32.9 Å². The van der Waals surface area contributed by atoms with Crippen LogP contribution in [-0.2, 0) is 14.9 Å². The number of carbonyl (C=O) groups is 2. The van der Waals surface area contributed by atoms with Crippen LogP contribution >= 0.6 is 11.6 Å². The second kappa shape index (κ2) is 6.94. The van der Waals surface area contributed by atoms with E-state index >= 15 is 0 Å². The molecule has 0 saturated heterocycles. The number of alkyl halides is 1. The molecule has 0 radical (unpaired) electrons. The number of rotatable bonds is 4. The van der Waals surface area contributed by atoms with Gasteiger partial charge in [-0.15, -0.1) is 11.6 Å². The van der Waals surface area contributed by atoms with Crippen molar-refractivity contribution in [3.63, 3.8) is 0 Å². The fraction of sp³-hybridized carbons (Fsp3) is 0.500. The quantitative estimate of drug-likeness (QED) is 0.681. The summed E-state index contributed by atoms with van der Waals surface area (Å²) in [7, 11) is 0. The zero-order chi connectivity index (χ0) is 16.2. The monoisotopic (exact) mass is 311 g/mol. The minimum Gasteiger partial charge on any atom is -0.459 e. The highest BCUT2D eigenvalue weighted by Gasteiger charge is 2.24. The number of ether oxygens (including phenoxy) is 1. The van der Waals surface area contributed by atoms with Gasteiger partial charge in [-0.3, -0.25) is 4.79 Å². The van der Waals surface area contributed by atoms with Crippen molar-refractivity contribution in [3.8, 4) is 0 Å². The molecule has 1 N–H and O–H groups in total. The molecule has 0 aliphatic carbocycles. The van der Waals surface area contributed by atoms with Gasteiger partial charge in [-0.05, 0) is 30.9 Å². The molecule has 0 aromatic heterocycles. The van der Waals surface area contributed by atoms with Crippen molar-refractivity contribution in [2.24, 2.45) is 0 Å². The SMILES string of the molecule is CC(C)OC(=O)c1cccc(C(C)(C)C)c1NC(=O)CCl. The van der Waals surface area contributed by atoms with Crippen molar-refractivity contribution in [1.29, 1.82) is 0 Å². The largest absolute Gasteiger partial charge is 0.459 e. The van der Waals surface area contributed by atoms with Crippen molar-refractivity contribution in [3.05, 3.63) is 29.3 Å². The predicted molar refractivity (Wildman–Crippen MR) is 85.0 cm³/mol. The Kier molecular flexibility index (Phi) is 5.78. The summed E-state index contributed by atoms with van der Waals surface area (Å²) in [6.07, 6.45) is -0.229. The third-order valence-corrected chi connectivity index (χ3v) is 3.06. The van der Waals surface area contributed by atoms with E-state index in [1.54, 1.807) is 26.0 Å². The van der Waals surface area contributed by atoms with E-state index < -0.39 is 5.97 Å². The molecule has 0 heterocycles. The Morgan fingerprint density at radius 2 is 1.90 bits per heavy atom. The molecule has 1 aromatic rings. The molecule has 0 saturated carbocycles. The van der Waals surface area contributed by atoms with Gasteiger partial charge in [0.1, 0.15) is 5.88 Å². The van der Waals surface area contributed by atoms with E-state index in [-0.39, 0.29) is 23.3 Å². The van der Waals surface area contributed by atoms with Crippen LogP contribution in [0.25, 0.3) is 0 Å². The van der Waals surface area contributed by atoms with E-state index in [0.29, 0.717) is 11.3 Å². The molecule has 0 fully saturated rings. The molecule has 0 bridgehead atoms. The fourth-order valence-electron chi connectivity index (χ4n) is 1.93. The van der Waals surface area contributed by atoms with Gasteiger partial charge >= 0.3 is 5.97 Å². The molecule has 1 amide bonds. The van der Waals surface area contributed by atoms with Crippen LogP contribution in [0, 0.1) is 0 Å². The maximum Gasteiger partial charge on any atom is 0.340 e. The van der Waals surface area contributed by atoms with Crippen LogP contribution in [0.1, 0.15) is 50.5 Å². The van der Waals surface area contributed by atoms with Gasteiger partial charge in [0, 0.05) is 0 Å². The number of nitrogens with one attached hydrogen (secondary N) is 1. The van der Waals surface area contributed by atoms with Crippen LogP contribution in [-0.4, -0.2) is 23.9 Å². The highest BCUT2D eigenvalue weighted by molar-refractivity contribution is 6.29. The lowest BCUT2D eigenvalue weighted by molar-refractivity contribution is -0.113. The first kappa shape index (κ1) is 17.5. The van der Waals surface area contributed by atoms with Crippen molar-refractivity contribution in [2.45, 2.75) is 46.1 Å². The number of halogens is 1. The molecular weight excluding hydrogens is 290 g/mol. The van der Waals surface area contributed by atoms with Crippen molar-refractivity contribution in [2.75, 3.05) is 11.2 Å². The van der Waals surface area contributed by atoms with E-state index in [2.05, 4.69) is 5.32 Å². The first-order chi connectivity index (χ1) is 9.66. The first-order valence-corrected chi connectivity index (χ1v) is 7.40. The van der Waals surface area contributed by atoms with Crippen LogP contribution in [0.2, 0.25) is 0 Å². The minimum absolute atomic E-state index is 0.169. The van der Waals surface area contributed by atoms with Gasteiger partial charge in [0.05, 0.1) is 17.4 Å². The van der Waals surface area contributed by atoms with Gasteiger partial charge in [-0.2, -0.15) is 0 Å². The number of para-hydroxylation sites is 1. The Morgan fingerprint density at radius 3 is 2.38 bits per heavy atom. The van der Waals surface area contributed by atoms with Crippen molar-refractivity contribution < 1.29 is 14.3 Å². The molecule has 0 unspecified atom stereocenters. The smallest absolute Gasteiger partial charge is 0.340 e. The van der Waals surface area contributed by atoms with E-state index in [1.807, 2.05) is 26.8 Å². The van der Waals surface area contributed by atoms with Gasteiger partial charge in [0.2, 0.25) is 5.91 Å². The maximum absolute atomic E-state index is 12.2. The van der Waals surface area contributed by atoms with Crippen LogP contribution in [0.3, 0.4) is 0 Å². The van der Waals surface area contributed by atoms with Crippen LogP contribution < -0.4 is 5.32 Å². The highest BCUT2D eigenvalue weighted by Crippen LogP contribution is 2.32. The lowest BCUT2D eigenvalue weighted by Gasteiger charge is -2.25. The first-order valence-electron chi connectivity index (χ1n) is 6.87. The number of anilines is 1. The summed E-state index contributed by atoms with van der Waals surface area (Å²) in [5, 5.41) is 2.72. The Bertz CT molecular complexity index is 533. The number of esters is 1. The molecule has 116 valence electrons. The number of carbonyl (C=O) groups excluding carboxylic acids is 2. The lowest BCUT2D eigenvalue weighted by Crippen LogP contribution is -2.23. The van der Waals surface area contributed by atoms with Crippen LogP contribution in [0.4, 0.5) is 5.69 Å². The summed E-state index contributed by atoms with van der Waals surface area (Å²) in [5.74, 6) is -0.982. The molecule has 0 aliphatic rings. The fourth-order valence-corrected chi connectivity index (χ4v) is 2.00. The summed E-state index contributed by atoms with van der Waals surface area (Å²) < 4.78 is 5.24. The second-order valence-electron chi connectivity index (χ2n) is 6.11. The average molecular weight is 312 g/mol. The average Bonchev–Trinajstić information content (AvgIpc) is 2.36. The third-order valence-electron chi connectivity index (χ3n) is 2.82. The standard InChI is InChI=1S/C16H22ClNO3/c1-10(2)21-15(20)11-7-6-8-12(16(3,4)5)14(11)18-13(19)9-17/h6-8,10H,9H2,1-5H3,(H,18,19). The molecule has 21 heavy (non-hydrogen) atoms. The van der Waals surface area contributed by atoms with Gasteiger partial charge in [0.25, 0.3) is 0 Å². The van der Waals surface area contributed by atoms with Gasteiger partial charge in [-0.25, -0.2) is 4.79 Å². The Balaban J connectivity index is 3.35. The Morgan fingerprint density at radius 1 is 1.29 bits per heavy atom. The number of amides is 1. The Hall–Kier alpha value is -1.55. The van der Waals surface area contributed by atoms with Gasteiger partial charge in [0.15, 0.2) is 0 Å². The molecule has 1 rings (SSSR count). The zero-order valence-electron chi connectivity index (χ0n) is 13.1. The minimum atomic E-state index is -0.457. The van der Waals surface area contributed by atoms with E-state index in [4.69, 9.17) is 16.3 Å². The van der Waals surface area contributed by atoms with E-state index in [0.717, 1.165) is 5.56 Å². The third kappa shape index (κ3) is 4.74. The summed E-state index contributed by atoms with van der Waals surface area (Å²) in [5.41, 5.74) is 1.44. The van der Waals surface area contributed by atoms with Crippen molar-refractivity contribution >= 4 is 29.2 Å². The number of benzene rings is 1. The molecular formula is C16H22ClNO3. The summed E-state index contributed by atoms with van der Waals surface area (Å²) >= 11 is 5.56. The summed E-state index contributed by atoms with van der Waals surface area (Å²) in [6.45, 7) is 9.59. The summed E-state index contributed by atoms with van der Waals surface area (Å²) in [6, 6.07) is 5.31.